The van der Waals surface area contributed by atoms with Crippen molar-refractivity contribution >= 4 is 11.9 Å². The van der Waals surface area contributed by atoms with Gasteiger partial charge in [0.15, 0.2) is 0 Å². The molecule has 3 N–H and O–H groups in total. The fourth-order valence-corrected chi connectivity index (χ4v) is 2.22. The van der Waals surface area contributed by atoms with Crippen LogP contribution in [0, 0.1) is 0 Å². The third-order valence-corrected chi connectivity index (χ3v) is 3.32. The number of hydrogen-bond donors (Lipinski definition) is 2. The van der Waals surface area contributed by atoms with Crippen molar-refractivity contribution in [2.24, 2.45) is 0 Å². The molecular weight excluding hydrogens is 296 g/mol. The Labute approximate surface area is 132 Å². The van der Waals surface area contributed by atoms with Gasteiger partial charge in [0.25, 0.3) is 0 Å². The topological polar surface area (TPSA) is 117 Å². The highest BCUT2D eigenvalue weighted by atomic mass is 16.2. The molecule has 0 saturated heterocycles. The summed E-state index contributed by atoms with van der Waals surface area (Å²) in [5.41, 5.74) is 6.56. The van der Waals surface area contributed by atoms with E-state index in [4.69, 9.17) is 5.73 Å². The van der Waals surface area contributed by atoms with E-state index in [9.17, 15) is 4.79 Å². The summed E-state index contributed by atoms with van der Waals surface area (Å²) < 4.78 is 3.01. The van der Waals surface area contributed by atoms with Crippen LogP contribution in [-0.2, 0) is 17.9 Å². The monoisotopic (exact) mass is 312 g/mol. The fourth-order valence-electron chi connectivity index (χ4n) is 2.22. The zero-order valence-corrected chi connectivity index (χ0v) is 12.3. The average molecular weight is 312 g/mol. The number of anilines is 1. The predicted octanol–water partition coefficient (Wildman–Crippen LogP) is 0.00950. The first kappa shape index (κ1) is 14.7. The molecule has 23 heavy (non-hydrogen) atoms. The zero-order valence-electron chi connectivity index (χ0n) is 12.3. The Morgan fingerprint density at radius 3 is 2.74 bits per heavy atom. The molecule has 0 bridgehead atoms. The smallest absolute Gasteiger partial charge is 0.242 e. The van der Waals surface area contributed by atoms with E-state index in [1.807, 2.05) is 42.6 Å². The zero-order chi connectivity index (χ0) is 16.1. The highest BCUT2D eigenvalue weighted by molar-refractivity contribution is 5.76. The van der Waals surface area contributed by atoms with Gasteiger partial charge in [0.2, 0.25) is 11.9 Å². The Balaban J connectivity index is 1.73. The molecule has 0 spiro atoms. The highest BCUT2D eigenvalue weighted by Gasteiger charge is 2.17. The molecule has 118 valence electrons. The summed E-state index contributed by atoms with van der Waals surface area (Å²) in [6, 6.07) is 11.3. The molecule has 2 heterocycles. The Hall–Kier alpha value is -3.23. The Bertz CT molecular complexity index is 752. The van der Waals surface area contributed by atoms with E-state index in [1.54, 1.807) is 10.9 Å². The number of benzene rings is 1. The number of nitrogens with one attached hydrogen (secondary N) is 1. The summed E-state index contributed by atoms with van der Waals surface area (Å²) in [6.45, 7) is 0.481. The number of carbonyl (C=O) groups is 1. The lowest BCUT2D eigenvalue weighted by molar-refractivity contribution is -0.122. The summed E-state index contributed by atoms with van der Waals surface area (Å²) in [5, 5.41) is 17.8. The molecule has 9 nitrogen and oxygen atoms in total. The molecular formula is C14H16N8O. The van der Waals surface area contributed by atoms with Crippen LogP contribution < -0.4 is 11.1 Å². The number of nitrogens with zero attached hydrogens (tertiary/aromatic N) is 6. The lowest BCUT2D eigenvalue weighted by Crippen LogP contribution is -2.34. The normalized spacial score (nSPS) is 12.0. The Kier molecular flexibility index (Phi) is 4.27. The molecule has 1 unspecified atom stereocenters. The van der Waals surface area contributed by atoms with Crippen LogP contribution in [0.5, 0.6) is 0 Å². The van der Waals surface area contributed by atoms with Crippen LogP contribution in [0.4, 0.5) is 5.95 Å². The maximum Gasteiger partial charge on any atom is 0.242 e. The van der Waals surface area contributed by atoms with Gasteiger partial charge in [0.1, 0.15) is 6.54 Å². The van der Waals surface area contributed by atoms with E-state index < -0.39 is 0 Å². The number of tetrazole rings is 1. The summed E-state index contributed by atoms with van der Waals surface area (Å²) in [7, 11) is 0. The number of amides is 1. The number of rotatable bonds is 6. The largest absolute Gasteiger partial charge is 0.367 e. The van der Waals surface area contributed by atoms with E-state index in [-0.39, 0.29) is 24.4 Å². The third kappa shape index (κ3) is 3.70. The van der Waals surface area contributed by atoms with Crippen molar-refractivity contribution in [1.29, 1.82) is 0 Å². The molecule has 9 heteroatoms. The van der Waals surface area contributed by atoms with E-state index in [2.05, 4.69) is 25.9 Å². The van der Waals surface area contributed by atoms with Crippen LogP contribution in [0.1, 0.15) is 11.6 Å². The van der Waals surface area contributed by atoms with E-state index in [1.165, 1.54) is 4.68 Å². The average Bonchev–Trinajstić information content (AvgIpc) is 3.20. The molecule has 1 amide bonds. The SMILES string of the molecule is Nc1nnnn1CC(=O)NC(Cn1cccn1)c1ccccc1. The lowest BCUT2D eigenvalue weighted by Gasteiger charge is -2.19. The molecule has 0 saturated carbocycles. The van der Waals surface area contributed by atoms with Crippen LogP contribution >= 0.6 is 0 Å². The van der Waals surface area contributed by atoms with Gasteiger partial charge in [-0.15, -0.1) is 0 Å². The maximum absolute atomic E-state index is 12.3. The molecule has 3 rings (SSSR count). The first-order valence-corrected chi connectivity index (χ1v) is 7.06. The molecule has 2 aromatic heterocycles. The van der Waals surface area contributed by atoms with Gasteiger partial charge in [0.05, 0.1) is 12.6 Å². The second kappa shape index (κ2) is 6.69. The number of aromatic nitrogens is 6. The van der Waals surface area contributed by atoms with Gasteiger partial charge in [-0.05, 0) is 22.1 Å². The van der Waals surface area contributed by atoms with Crippen LogP contribution in [0.15, 0.2) is 48.8 Å². The molecule has 0 aliphatic rings. The molecule has 1 aromatic carbocycles. The van der Waals surface area contributed by atoms with Gasteiger partial charge in [-0.1, -0.05) is 35.4 Å². The lowest BCUT2D eigenvalue weighted by atomic mass is 10.1. The standard InChI is InChI=1S/C14H16N8O/c15-14-18-19-20-22(14)10-13(23)17-12(9-21-8-4-7-16-21)11-5-2-1-3-6-11/h1-8,12H,9-10H2,(H,17,23)(H2,15,18,20). The van der Waals surface area contributed by atoms with Crippen LogP contribution in [-0.4, -0.2) is 35.9 Å². The first-order chi connectivity index (χ1) is 11.2. The van der Waals surface area contributed by atoms with Gasteiger partial charge in [-0.2, -0.15) is 5.10 Å². The van der Waals surface area contributed by atoms with Gasteiger partial charge < -0.3 is 11.1 Å². The predicted molar refractivity (Wildman–Crippen MR) is 81.8 cm³/mol. The van der Waals surface area contributed by atoms with Crippen LogP contribution in [0.25, 0.3) is 0 Å². The second-order valence-corrected chi connectivity index (χ2v) is 4.95. The van der Waals surface area contributed by atoms with Crippen molar-refractivity contribution < 1.29 is 4.79 Å². The van der Waals surface area contributed by atoms with Gasteiger partial charge in [-0.3, -0.25) is 9.48 Å². The summed E-state index contributed by atoms with van der Waals surface area (Å²) in [4.78, 5) is 12.3. The van der Waals surface area contributed by atoms with Crippen LogP contribution in [0.2, 0.25) is 0 Å². The maximum atomic E-state index is 12.3. The molecule has 3 aromatic rings. The molecule has 0 aliphatic carbocycles. The molecule has 0 aliphatic heterocycles. The van der Waals surface area contributed by atoms with Gasteiger partial charge in [0, 0.05) is 12.4 Å². The van der Waals surface area contributed by atoms with Gasteiger partial charge >= 0.3 is 0 Å². The summed E-state index contributed by atoms with van der Waals surface area (Å²) in [6.07, 6.45) is 3.55. The van der Waals surface area contributed by atoms with Crippen LogP contribution in [0.3, 0.4) is 0 Å². The minimum atomic E-state index is -0.231. The van der Waals surface area contributed by atoms with E-state index >= 15 is 0 Å². The Morgan fingerprint density at radius 2 is 2.09 bits per heavy atom. The quantitative estimate of drug-likeness (QED) is 0.662. The third-order valence-electron chi connectivity index (χ3n) is 3.32. The number of nitrogen functional groups attached to an aromatic ring is 1. The number of nitrogens with two attached hydrogens (primary N) is 1. The Morgan fingerprint density at radius 1 is 1.26 bits per heavy atom. The van der Waals surface area contributed by atoms with Gasteiger partial charge in [-0.25, -0.2) is 4.68 Å². The first-order valence-electron chi connectivity index (χ1n) is 7.06. The number of hydrogen-bond acceptors (Lipinski definition) is 6. The molecule has 0 fully saturated rings. The molecule has 1 atom stereocenters. The fraction of sp³-hybridized carbons (Fsp3) is 0.214. The van der Waals surface area contributed by atoms with Crippen molar-refractivity contribution in [2.75, 3.05) is 5.73 Å². The molecule has 0 radical (unpaired) electrons. The van der Waals surface area contributed by atoms with Crippen molar-refractivity contribution in [3.63, 3.8) is 0 Å². The van der Waals surface area contributed by atoms with Crippen molar-refractivity contribution in [3.05, 3.63) is 54.4 Å². The summed E-state index contributed by atoms with van der Waals surface area (Å²) >= 11 is 0. The van der Waals surface area contributed by atoms with Crippen molar-refractivity contribution in [2.45, 2.75) is 19.1 Å². The highest BCUT2D eigenvalue weighted by Crippen LogP contribution is 2.14. The second-order valence-electron chi connectivity index (χ2n) is 4.95. The number of carbonyl (C=O) groups excluding carboxylic acids is 1. The van der Waals surface area contributed by atoms with E-state index in [0.717, 1.165) is 5.56 Å². The minimum Gasteiger partial charge on any atom is -0.367 e. The summed E-state index contributed by atoms with van der Waals surface area (Å²) in [5.74, 6) is -0.131. The van der Waals surface area contributed by atoms with E-state index in [0.29, 0.717) is 6.54 Å². The minimum absolute atomic E-state index is 0.0404. The van der Waals surface area contributed by atoms with Crippen molar-refractivity contribution in [1.82, 2.24) is 35.3 Å². The van der Waals surface area contributed by atoms with Crippen molar-refractivity contribution in [3.8, 4) is 0 Å².